The molecule has 0 aliphatic rings. The Bertz CT molecular complexity index is 504. The molecule has 0 aromatic carbocycles. The Morgan fingerprint density at radius 1 is 1.47 bits per heavy atom. The third-order valence-electron chi connectivity index (χ3n) is 2.04. The van der Waals surface area contributed by atoms with Gasteiger partial charge in [0.15, 0.2) is 0 Å². The second-order valence-corrected chi connectivity index (χ2v) is 3.18. The molecule has 0 spiro atoms. The average Bonchev–Trinajstić information content (AvgIpc) is 2.71. The van der Waals surface area contributed by atoms with Crippen LogP contribution in [0.5, 0.6) is 0 Å². The molecule has 76 valence electrons. The molecular weight excluding hydrogens is 188 g/mol. The van der Waals surface area contributed by atoms with E-state index in [4.69, 9.17) is 0 Å². The molecule has 0 amide bonds. The summed E-state index contributed by atoms with van der Waals surface area (Å²) in [7, 11) is 1.91. The highest BCUT2D eigenvalue weighted by atomic mass is 15.1. The molecule has 15 heavy (non-hydrogen) atoms. The van der Waals surface area contributed by atoms with E-state index in [1.807, 2.05) is 13.1 Å². The number of nitrogens with one attached hydrogen (secondary N) is 2. The van der Waals surface area contributed by atoms with E-state index in [9.17, 15) is 0 Å². The summed E-state index contributed by atoms with van der Waals surface area (Å²) in [5, 5.41) is 10.9. The Kier molecular flexibility index (Phi) is 2.96. The summed E-state index contributed by atoms with van der Waals surface area (Å²) in [5.41, 5.74) is 1.73. The maximum Gasteiger partial charge on any atom is 0.113 e. The number of hydrogen-bond acceptors (Lipinski definition) is 3. The topological polar surface area (TPSA) is 53.6 Å². The van der Waals surface area contributed by atoms with Gasteiger partial charge in [0.25, 0.3) is 0 Å². The van der Waals surface area contributed by atoms with Crippen molar-refractivity contribution in [2.24, 2.45) is 0 Å². The van der Waals surface area contributed by atoms with Crippen molar-refractivity contribution in [2.75, 3.05) is 13.6 Å². The quantitative estimate of drug-likeness (QED) is 0.560. The fraction of sp³-hybridized carbons (Fsp3) is 0.273. The van der Waals surface area contributed by atoms with E-state index in [0.29, 0.717) is 0 Å². The highest BCUT2D eigenvalue weighted by molar-refractivity contribution is 5.77. The molecule has 2 heterocycles. The van der Waals surface area contributed by atoms with E-state index >= 15 is 0 Å². The SMILES string of the molecule is CNCCC#Cc1cc2cn[nH]c2cn1. The van der Waals surface area contributed by atoms with Crippen LogP contribution in [0.2, 0.25) is 0 Å². The number of fused-ring (bicyclic) bond motifs is 1. The Labute approximate surface area is 88.1 Å². The van der Waals surface area contributed by atoms with Crippen molar-refractivity contribution in [1.29, 1.82) is 0 Å². The average molecular weight is 200 g/mol. The zero-order valence-electron chi connectivity index (χ0n) is 8.54. The highest BCUT2D eigenvalue weighted by Gasteiger charge is 1.95. The van der Waals surface area contributed by atoms with Crippen molar-refractivity contribution in [3.05, 3.63) is 24.2 Å². The molecule has 0 atom stereocenters. The van der Waals surface area contributed by atoms with Gasteiger partial charge >= 0.3 is 0 Å². The summed E-state index contributed by atoms with van der Waals surface area (Å²) in [6.45, 7) is 0.904. The van der Waals surface area contributed by atoms with Crippen LogP contribution in [0.3, 0.4) is 0 Å². The van der Waals surface area contributed by atoms with Crippen molar-refractivity contribution in [3.63, 3.8) is 0 Å². The summed E-state index contributed by atoms with van der Waals surface area (Å²) in [6.07, 6.45) is 4.36. The van der Waals surface area contributed by atoms with Crippen LogP contribution in [0, 0.1) is 11.8 Å². The molecule has 0 saturated carbocycles. The van der Waals surface area contributed by atoms with Crippen molar-refractivity contribution in [1.82, 2.24) is 20.5 Å². The third kappa shape index (κ3) is 2.33. The Morgan fingerprint density at radius 2 is 2.40 bits per heavy atom. The molecule has 0 radical (unpaired) electrons. The summed E-state index contributed by atoms with van der Waals surface area (Å²) in [5.74, 6) is 6.07. The molecule has 2 aromatic heterocycles. The molecule has 0 aliphatic heterocycles. The third-order valence-corrected chi connectivity index (χ3v) is 2.04. The second-order valence-electron chi connectivity index (χ2n) is 3.18. The van der Waals surface area contributed by atoms with Gasteiger partial charge in [-0.05, 0) is 19.0 Å². The standard InChI is InChI=1S/C11H12N4/c1-12-5-3-2-4-10-6-9-7-14-15-11(9)8-13-10/h6-8,12H,3,5H2,1H3,(H,14,15). The van der Waals surface area contributed by atoms with Crippen molar-refractivity contribution in [2.45, 2.75) is 6.42 Å². The summed E-state index contributed by atoms with van der Waals surface area (Å²) < 4.78 is 0. The first kappa shape index (κ1) is 9.69. The minimum atomic E-state index is 0.792. The molecular formula is C11H12N4. The molecule has 0 aliphatic carbocycles. The first-order chi connectivity index (χ1) is 7.40. The van der Waals surface area contributed by atoms with Crippen LogP contribution >= 0.6 is 0 Å². The zero-order valence-corrected chi connectivity index (χ0v) is 8.54. The smallest absolute Gasteiger partial charge is 0.113 e. The molecule has 0 unspecified atom stereocenters. The molecule has 0 saturated heterocycles. The van der Waals surface area contributed by atoms with Crippen molar-refractivity contribution in [3.8, 4) is 11.8 Å². The number of hydrogen-bond donors (Lipinski definition) is 2. The maximum atomic E-state index is 4.21. The van der Waals surface area contributed by atoms with Gasteiger partial charge in [0.2, 0.25) is 0 Å². The molecule has 0 fully saturated rings. The van der Waals surface area contributed by atoms with E-state index in [-0.39, 0.29) is 0 Å². The van der Waals surface area contributed by atoms with Gasteiger partial charge < -0.3 is 5.32 Å². The Balaban J connectivity index is 2.16. The van der Waals surface area contributed by atoms with Gasteiger partial charge in [-0.15, -0.1) is 0 Å². The maximum absolute atomic E-state index is 4.21. The minimum Gasteiger partial charge on any atom is -0.319 e. The molecule has 2 aromatic rings. The van der Waals surface area contributed by atoms with Crippen LogP contribution < -0.4 is 5.32 Å². The predicted octanol–water partition coefficient (Wildman–Crippen LogP) is 0.919. The fourth-order valence-corrected chi connectivity index (χ4v) is 1.25. The largest absolute Gasteiger partial charge is 0.319 e. The molecule has 4 heteroatoms. The molecule has 2 rings (SSSR count). The van der Waals surface area contributed by atoms with Gasteiger partial charge in [0.05, 0.1) is 17.9 Å². The van der Waals surface area contributed by atoms with Crippen LogP contribution in [-0.2, 0) is 0 Å². The van der Waals surface area contributed by atoms with Gasteiger partial charge in [-0.25, -0.2) is 4.98 Å². The van der Waals surface area contributed by atoms with Gasteiger partial charge in [-0.3, -0.25) is 5.10 Å². The number of aromatic amines is 1. The van der Waals surface area contributed by atoms with E-state index in [1.54, 1.807) is 12.4 Å². The monoisotopic (exact) mass is 200 g/mol. The van der Waals surface area contributed by atoms with Crippen LogP contribution in [0.15, 0.2) is 18.5 Å². The summed E-state index contributed by atoms with van der Waals surface area (Å²) in [6, 6.07) is 1.94. The summed E-state index contributed by atoms with van der Waals surface area (Å²) in [4.78, 5) is 4.21. The highest BCUT2D eigenvalue weighted by Crippen LogP contribution is 2.08. The lowest BCUT2D eigenvalue weighted by Gasteiger charge is -1.90. The van der Waals surface area contributed by atoms with E-state index in [2.05, 4.69) is 32.3 Å². The van der Waals surface area contributed by atoms with E-state index in [0.717, 1.165) is 29.6 Å². The number of aromatic nitrogens is 3. The van der Waals surface area contributed by atoms with E-state index in [1.165, 1.54) is 0 Å². The molecule has 0 bridgehead atoms. The van der Waals surface area contributed by atoms with Crippen LogP contribution in [0.4, 0.5) is 0 Å². The first-order valence-corrected chi connectivity index (χ1v) is 4.83. The molecule has 2 N–H and O–H groups in total. The second kappa shape index (κ2) is 4.58. The van der Waals surface area contributed by atoms with Crippen LogP contribution in [0.25, 0.3) is 10.9 Å². The number of nitrogens with zero attached hydrogens (tertiary/aromatic N) is 2. The Hall–Kier alpha value is -1.86. The van der Waals surface area contributed by atoms with Crippen LogP contribution in [0.1, 0.15) is 12.1 Å². The molecule has 4 nitrogen and oxygen atoms in total. The number of pyridine rings is 1. The van der Waals surface area contributed by atoms with E-state index < -0.39 is 0 Å². The lowest BCUT2D eigenvalue weighted by Crippen LogP contribution is -2.05. The van der Waals surface area contributed by atoms with Crippen molar-refractivity contribution < 1.29 is 0 Å². The normalized spacial score (nSPS) is 9.93. The Morgan fingerprint density at radius 3 is 3.27 bits per heavy atom. The first-order valence-electron chi connectivity index (χ1n) is 4.83. The van der Waals surface area contributed by atoms with Crippen molar-refractivity contribution >= 4 is 10.9 Å². The summed E-state index contributed by atoms with van der Waals surface area (Å²) >= 11 is 0. The lowest BCUT2D eigenvalue weighted by molar-refractivity contribution is 0.818. The lowest BCUT2D eigenvalue weighted by atomic mass is 10.2. The van der Waals surface area contributed by atoms with Gasteiger partial charge in [0.1, 0.15) is 5.69 Å². The predicted molar refractivity (Wildman–Crippen MR) is 59.3 cm³/mol. The van der Waals surface area contributed by atoms with Crippen LogP contribution in [-0.4, -0.2) is 28.8 Å². The van der Waals surface area contributed by atoms with Gasteiger partial charge in [-0.1, -0.05) is 5.92 Å². The number of rotatable bonds is 2. The number of H-pyrrole nitrogens is 1. The van der Waals surface area contributed by atoms with Gasteiger partial charge in [0, 0.05) is 18.4 Å². The fourth-order valence-electron chi connectivity index (χ4n) is 1.25. The minimum absolute atomic E-state index is 0.792. The zero-order chi connectivity index (χ0) is 10.5. The van der Waals surface area contributed by atoms with Gasteiger partial charge in [-0.2, -0.15) is 5.10 Å².